The minimum absolute atomic E-state index is 0.0492. The third kappa shape index (κ3) is 4.34. The van der Waals surface area contributed by atoms with Crippen molar-refractivity contribution < 1.29 is 19.5 Å². The molecule has 1 aliphatic rings. The van der Waals surface area contributed by atoms with Crippen LogP contribution in [0.15, 0.2) is 30.3 Å². The van der Waals surface area contributed by atoms with E-state index in [0.717, 1.165) is 12.8 Å². The summed E-state index contributed by atoms with van der Waals surface area (Å²) in [6.45, 7) is 2.16. The fourth-order valence-corrected chi connectivity index (χ4v) is 2.67. The summed E-state index contributed by atoms with van der Waals surface area (Å²) in [5.41, 5.74) is -0.870. The molecule has 0 saturated heterocycles. The molecule has 0 radical (unpaired) electrons. The zero-order valence-electron chi connectivity index (χ0n) is 13.9. The number of amides is 2. The van der Waals surface area contributed by atoms with Gasteiger partial charge in [0.1, 0.15) is 0 Å². The van der Waals surface area contributed by atoms with Gasteiger partial charge in [-0.15, -0.1) is 0 Å². The Morgan fingerprint density at radius 3 is 2.42 bits per heavy atom. The summed E-state index contributed by atoms with van der Waals surface area (Å²) < 4.78 is 0. The van der Waals surface area contributed by atoms with Crippen LogP contribution < -0.4 is 10.6 Å². The van der Waals surface area contributed by atoms with E-state index in [2.05, 4.69) is 10.6 Å². The second kappa shape index (κ2) is 7.95. The van der Waals surface area contributed by atoms with E-state index in [4.69, 9.17) is 0 Å². The van der Waals surface area contributed by atoms with Crippen LogP contribution in [0.1, 0.15) is 44.6 Å². The van der Waals surface area contributed by atoms with Crippen molar-refractivity contribution in [2.24, 2.45) is 5.92 Å². The Kier molecular flexibility index (Phi) is 5.95. The summed E-state index contributed by atoms with van der Waals surface area (Å²) in [4.78, 5) is 35.5. The lowest BCUT2D eigenvalue weighted by atomic mass is 9.87. The minimum Gasteiger partial charge on any atom is -0.479 e. The minimum atomic E-state index is -1.42. The molecule has 0 spiro atoms. The van der Waals surface area contributed by atoms with E-state index in [1.165, 1.54) is 0 Å². The maximum Gasteiger partial charge on any atom is 0.334 e. The Morgan fingerprint density at radius 1 is 1.21 bits per heavy atom. The van der Waals surface area contributed by atoms with Gasteiger partial charge in [0.05, 0.1) is 0 Å². The van der Waals surface area contributed by atoms with Gasteiger partial charge in [-0.2, -0.15) is 0 Å². The molecule has 2 amide bonds. The van der Waals surface area contributed by atoms with Crippen LogP contribution >= 0.6 is 0 Å². The van der Waals surface area contributed by atoms with Crippen LogP contribution in [-0.2, 0) is 19.9 Å². The van der Waals surface area contributed by atoms with Crippen molar-refractivity contribution in [2.75, 3.05) is 6.54 Å². The molecule has 1 aromatic carbocycles. The smallest absolute Gasteiger partial charge is 0.334 e. The molecule has 3 N–H and O–H groups in total. The topological polar surface area (TPSA) is 95.5 Å². The Hall–Kier alpha value is -2.37. The van der Waals surface area contributed by atoms with Crippen molar-refractivity contribution in [3.8, 4) is 0 Å². The van der Waals surface area contributed by atoms with E-state index in [0.29, 0.717) is 18.5 Å². The molecule has 6 nitrogen and oxygen atoms in total. The van der Waals surface area contributed by atoms with Gasteiger partial charge in [-0.05, 0) is 31.2 Å². The number of carbonyl (C=O) groups excluding carboxylic acids is 2. The summed E-state index contributed by atoms with van der Waals surface area (Å²) in [6, 6.07) is 8.71. The summed E-state index contributed by atoms with van der Waals surface area (Å²) in [6.07, 6.45) is 2.80. The molecule has 1 aliphatic carbocycles. The number of carbonyl (C=O) groups is 3. The standard InChI is InChI=1S/C18H24N2O4/c1-2-18(17(23)24,14-7-4-3-5-8-14)20-15(21)9-6-12-19-16(22)13-10-11-13/h3-5,7-8,13H,2,6,9-12H2,1H3,(H,19,22)(H,20,21)(H,23,24). The maximum atomic E-state index is 12.2. The SMILES string of the molecule is CCC(NC(=O)CCCNC(=O)C1CC1)(C(=O)O)c1ccccc1. The van der Waals surface area contributed by atoms with Gasteiger partial charge in [0, 0.05) is 18.9 Å². The van der Waals surface area contributed by atoms with E-state index >= 15 is 0 Å². The number of hydrogen-bond donors (Lipinski definition) is 3. The number of rotatable bonds is 9. The maximum absolute atomic E-state index is 12.2. The average molecular weight is 332 g/mol. The molecule has 2 rings (SSSR count). The Balaban J connectivity index is 1.90. The van der Waals surface area contributed by atoms with Crippen LogP contribution in [0.2, 0.25) is 0 Å². The third-order valence-electron chi connectivity index (χ3n) is 4.34. The molecule has 6 heteroatoms. The quantitative estimate of drug-likeness (QED) is 0.601. The first-order valence-corrected chi connectivity index (χ1v) is 8.37. The molecule has 1 unspecified atom stereocenters. The molecule has 1 atom stereocenters. The number of carboxylic acid groups (broad SMARTS) is 1. The molecule has 0 aliphatic heterocycles. The lowest BCUT2D eigenvalue weighted by molar-refractivity contribution is -0.148. The number of nitrogens with one attached hydrogen (secondary N) is 2. The number of hydrogen-bond acceptors (Lipinski definition) is 3. The molecular weight excluding hydrogens is 308 g/mol. The fraction of sp³-hybridized carbons (Fsp3) is 0.500. The first-order valence-electron chi connectivity index (χ1n) is 8.37. The van der Waals surface area contributed by atoms with Crippen LogP contribution in [0.3, 0.4) is 0 Å². The van der Waals surface area contributed by atoms with Crippen molar-refractivity contribution >= 4 is 17.8 Å². The number of aliphatic carboxylic acids is 1. The van der Waals surface area contributed by atoms with Gasteiger partial charge in [-0.3, -0.25) is 9.59 Å². The van der Waals surface area contributed by atoms with Gasteiger partial charge >= 0.3 is 5.97 Å². The molecule has 1 fully saturated rings. The largest absolute Gasteiger partial charge is 0.479 e. The Bertz CT molecular complexity index is 598. The summed E-state index contributed by atoms with van der Waals surface area (Å²) in [7, 11) is 0. The highest BCUT2D eigenvalue weighted by Crippen LogP contribution is 2.28. The zero-order valence-corrected chi connectivity index (χ0v) is 13.9. The van der Waals surface area contributed by atoms with Crippen LogP contribution in [0.4, 0.5) is 0 Å². The first kappa shape index (κ1) is 18.0. The van der Waals surface area contributed by atoms with Gasteiger partial charge in [-0.25, -0.2) is 4.79 Å². The van der Waals surface area contributed by atoms with E-state index in [1.807, 2.05) is 0 Å². The van der Waals surface area contributed by atoms with Crippen molar-refractivity contribution in [3.05, 3.63) is 35.9 Å². The van der Waals surface area contributed by atoms with Gasteiger partial charge in [0.15, 0.2) is 5.54 Å². The van der Waals surface area contributed by atoms with Gasteiger partial charge in [0.25, 0.3) is 0 Å². The van der Waals surface area contributed by atoms with Gasteiger partial charge in [0.2, 0.25) is 11.8 Å². The number of carboxylic acids is 1. The predicted molar refractivity (Wildman–Crippen MR) is 89.2 cm³/mol. The summed E-state index contributed by atoms with van der Waals surface area (Å²) in [5, 5.41) is 15.1. The second-order valence-corrected chi connectivity index (χ2v) is 6.15. The number of benzene rings is 1. The van der Waals surface area contributed by atoms with E-state index < -0.39 is 11.5 Å². The normalized spacial score (nSPS) is 16.0. The lowest BCUT2D eigenvalue weighted by Gasteiger charge is -2.30. The van der Waals surface area contributed by atoms with E-state index in [1.54, 1.807) is 37.3 Å². The third-order valence-corrected chi connectivity index (χ3v) is 4.34. The van der Waals surface area contributed by atoms with Crippen molar-refractivity contribution in [1.82, 2.24) is 10.6 Å². The molecule has 130 valence electrons. The van der Waals surface area contributed by atoms with E-state index in [9.17, 15) is 19.5 Å². The van der Waals surface area contributed by atoms with Crippen molar-refractivity contribution in [3.63, 3.8) is 0 Å². The lowest BCUT2D eigenvalue weighted by Crippen LogP contribution is -2.51. The van der Waals surface area contributed by atoms with Crippen LogP contribution in [0.5, 0.6) is 0 Å². The Labute approximate surface area is 141 Å². The Morgan fingerprint density at radius 2 is 1.88 bits per heavy atom. The summed E-state index contributed by atoms with van der Waals surface area (Å²) in [5.74, 6) is -1.21. The highest BCUT2D eigenvalue weighted by atomic mass is 16.4. The van der Waals surface area contributed by atoms with Crippen molar-refractivity contribution in [1.29, 1.82) is 0 Å². The fourth-order valence-electron chi connectivity index (χ4n) is 2.67. The summed E-state index contributed by atoms with van der Waals surface area (Å²) >= 11 is 0. The van der Waals surface area contributed by atoms with Crippen LogP contribution in [-0.4, -0.2) is 29.4 Å². The molecule has 1 saturated carbocycles. The molecule has 0 bridgehead atoms. The molecule has 0 heterocycles. The van der Waals surface area contributed by atoms with Crippen LogP contribution in [0.25, 0.3) is 0 Å². The predicted octanol–water partition coefficient (Wildman–Crippen LogP) is 1.80. The second-order valence-electron chi connectivity index (χ2n) is 6.15. The van der Waals surface area contributed by atoms with Crippen molar-refractivity contribution in [2.45, 2.75) is 44.6 Å². The monoisotopic (exact) mass is 332 g/mol. The van der Waals surface area contributed by atoms with E-state index in [-0.39, 0.29) is 30.6 Å². The average Bonchev–Trinajstić information content (AvgIpc) is 3.42. The highest BCUT2D eigenvalue weighted by molar-refractivity contribution is 5.88. The molecular formula is C18H24N2O4. The van der Waals surface area contributed by atoms with Gasteiger partial charge < -0.3 is 15.7 Å². The van der Waals surface area contributed by atoms with Crippen LogP contribution in [0, 0.1) is 5.92 Å². The highest BCUT2D eigenvalue weighted by Gasteiger charge is 2.40. The zero-order chi connectivity index (χ0) is 17.6. The van der Waals surface area contributed by atoms with Gasteiger partial charge in [-0.1, -0.05) is 37.3 Å². The molecule has 24 heavy (non-hydrogen) atoms. The molecule has 1 aromatic rings. The first-order chi connectivity index (χ1) is 11.5. The molecule has 0 aromatic heterocycles.